The Morgan fingerprint density at radius 3 is 2.42 bits per heavy atom. The molecule has 0 aliphatic rings. The number of hydrogen-bond donors (Lipinski definition) is 2. The van der Waals surface area contributed by atoms with Crippen molar-refractivity contribution in [3.8, 4) is 0 Å². The Kier molecular flexibility index (Phi) is 6.01. The fourth-order valence-corrected chi connectivity index (χ4v) is 2.55. The van der Waals surface area contributed by atoms with Gasteiger partial charge < -0.3 is 10.6 Å². The molecule has 0 bridgehead atoms. The molecule has 2 rings (SSSR count). The number of urea groups is 1. The molecule has 0 saturated carbocycles. The van der Waals surface area contributed by atoms with E-state index in [4.69, 9.17) is 11.6 Å². The molecule has 0 unspecified atom stereocenters. The number of rotatable bonds is 4. The monoisotopic (exact) mass is 374 g/mol. The fraction of sp³-hybridized carbons (Fsp3) is 0.188. The standard InChI is InChI=1S/C16H14ClF3N2OS/c1-24-12-5-2-10(3-6-12)9-21-15(23)22-11-4-7-14(17)13(8-11)16(18,19)20/h2-8H,9H2,1H3,(H2,21,22,23). The summed E-state index contributed by atoms with van der Waals surface area (Å²) in [6, 6.07) is 10.2. The minimum Gasteiger partial charge on any atom is -0.334 e. The second kappa shape index (κ2) is 7.81. The van der Waals surface area contributed by atoms with Crippen molar-refractivity contribution < 1.29 is 18.0 Å². The third-order valence-electron chi connectivity index (χ3n) is 3.14. The van der Waals surface area contributed by atoms with E-state index in [1.807, 2.05) is 30.5 Å². The minimum absolute atomic E-state index is 0.0157. The molecular formula is C16H14ClF3N2OS. The molecule has 2 aromatic rings. The molecular weight excluding hydrogens is 361 g/mol. The van der Waals surface area contributed by atoms with Crippen LogP contribution >= 0.6 is 23.4 Å². The second-order valence-corrected chi connectivity index (χ2v) is 6.13. The second-order valence-electron chi connectivity index (χ2n) is 4.85. The van der Waals surface area contributed by atoms with Gasteiger partial charge in [0, 0.05) is 17.1 Å². The highest BCUT2D eigenvalue weighted by Crippen LogP contribution is 2.36. The number of alkyl halides is 3. The van der Waals surface area contributed by atoms with Gasteiger partial charge in [-0.2, -0.15) is 13.2 Å². The van der Waals surface area contributed by atoms with Crippen LogP contribution in [0.3, 0.4) is 0 Å². The van der Waals surface area contributed by atoms with Gasteiger partial charge in [-0.25, -0.2) is 4.79 Å². The van der Waals surface area contributed by atoms with E-state index in [2.05, 4.69) is 10.6 Å². The van der Waals surface area contributed by atoms with Crippen LogP contribution in [0.1, 0.15) is 11.1 Å². The Bertz CT molecular complexity index is 720. The van der Waals surface area contributed by atoms with E-state index in [0.29, 0.717) is 0 Å². The first-order valence-electron chi connectivity index (χ1n) is 6.84. The van der Waals surface area contributed by atoms with Crippen molar-refractivity contribution in [2.75, 3.05) is 11.6 Å². The summed E-state index contributed by atoms with van der Waals surface area (Å²) < 4.78 is 38.3. The molecule has 0 spiro atoms. The maximum absolute atomic E-state index is 12.8. The largest absolute Gasteiger partial charge is 0.417 e. The zero-order valence-corrected chi connectivity index (χ0v) is 14.1. The number of carbonyl (C=O) groups is 1. The van der Waals surface area contributed by atoms with Crippen LogP contribution in [-0.2, 0) is 12.7 Å². The molecule has 0 fully saturated rings. The Labute approximate surface area is 146 Å². The number of thioether (sulfide) groups is 1. The molecule has 24 heavy (non-hydrogen) atoms. The number of hydrogen-bond acceptors (Lipinski definition) is 2. The zero-order chi connectivity index (χ0) is 17.7. The predicted octanol–water partition coefficient (Wildman–Crippen LogP) is 5.40. The van der Waals surface area contributed by atoms with E-state index in [9.17, 15) is 18.0 Å². The third kappa shape index (κ3) is 5.07. The lowest BCUT2D eigenvalue weighted by molar-refractivity contribution is -0.137. The smallest absolute Gasteiger partial charge is 0.334 e. The van der Waals surface area contributed by atoms with Gasteiger partial charge in [0.05, 0.1) is 10.6 Å². The Morgan fingerprint density at radius 1 is 1.17 bits per heavy atom. The fourth-order valence-electron chi connectivity index (χ4n) is 1.92. The van der Waals surface area contributed by atoms with Crippen LogP contribution in [0.2, 0.25) is 5.02 Å². The molecule has 2 amide bonds. The first-order chi connectivity index (χ1) is 11.3. The number of halogens is 4. The van der Waals surface area contributed by atoms with E-state index in [1.54, 1.807) is 11.8 Å². The number of benzene rings is 2. The SMILES string of the molecule is CSc1ccc(CNC(=O)Nc2ccc(Cl)c(C(F)(F)F)c2)cc1. The number of amides is 2. The first-order valence-corrected chi connectivity index (χ1v) is 8.44. The third-order valence-corrected chi connectivity index (χ3v) is 4.21. The normalized spacial score (nSPS) is 11.2. The van der Waals surface area contributed by atoms with Crippen molar-refractivity contribution in [1.82, 2.24) is 5.32 Å². The van der Waals surface area contributed by atoms with E-state index in [0.717, 1.165) is 22.6 Å². The maximum atomic E-state index is 12.8. The molecule has 0 saturated heterocycles. The summed E-state index contributed by atoms with van der Waals surface area (Å²) in [6.07, 6.45) is -2.62. The Morgan fingerprint density at radius 2 is 1.83 bits per heavy atom. The lowest BCUT2D eigenvalue weighted by atomic mass is 10.2. The van der Waals surface area contributed by atoms with Gasteiger partial charge >= 0.3 is 12.2 Å². The van der Waals surface area contributed by atoms with Crippen LogP contribution in [0, 0.1) is 0 Å². The van der Waals surface area contributed by atoms with Crippen molar-refractivity contribution in [2.45, 2.75) is 17.6 Å². The van der Waals surface area contributed by atoms with Gasteiger partial charge in [-0.05, 0) is 42.2 Å². The molecule has 128 valence electrons. The summed E-state index contributed by atoms with van der Waals surface area (Å²) in [5, 5.41) is 4.53. The maximum Gasteiger partial charge on any atom is 0.417 e. The Hall–Kier alpha value is -1.86. The van der Waals surface area contributed by atoms with E-state index >= 15 is 0 Å². The number of nitrogens with one attached hydrogen (secondary N) is 2. The number of anilines is 1. The van der Waals surface area contributed by atoms with Crippen molar-refractivity contribution in [3.63, 3.8) is 0 Å². The average Bonchev–Trinajstić information content (AvgIpc) is 2.54. The quantitative estimate of drug-likeness (QED) is 0.703. The van der Waals surface area contributed by atoms with Gasteiger partial charge in [0.15, 0.2) is 0 Å². The summed E-state index contributed by atoms with van der Waals surface area (Å²) in [6.45, 7) is 0.264. The molecule has 0 aliphatic carbocycles. The van der Waals surface area contributed by atoms with Crippen LogP contribution in [0.5, 0.6) is 0 Å². The van der Waals surface area contributed by atoms with E-state index < -0.39 is 22.8 Å². The summed E-state index contributed by atoms with van der Waals surface area (Å²) in [5.41, 5.74) is -0.0911. The zero-order valence-electron chi connectivity index (χ0n) is 12.6. The summed E-state index contributed by atoms with van der Waals surface area (Å²) >= 11 is 7.14. The van der Waals surface area contributed by atoms with Crippen LogP contribution < -0.4 is 10.6 Å². The Balaban J connectivity index is 1.97. The number of carbonyl (C=O) groups excluding carboxylic acids is 1. The highest BCUT2D eigenvalue weighted by atomic mass is 35.5. The minimum atomic E-state index is -4.58. The van der Waals surface area contributed by atoms with Gasteiger partial charge in [-0.3, -0.25) is 0 Å². The molecule has 0 heterocycles. The predicted molar refractivity (Wildman–Crippen MR) is 90.5 cm³/mol. The average molecular weight is 375 g/mol. The first kappa shape index (κ1) is 18.5. The lowest BCUT2D eigenvalue weighted by Gasteiger charge is -2.12. The molecule has 0 atom stereocenters. The molecule has 0 radical (unpaired) electrons. The molecule has 8 heteroatoms. The molecule has 2 N–H and O–H groups in total. The lowest BCUT2D eigenvalue weighted by Crippen LogP contribution is -2.28. The topological polar surface area (TPSA) is 41.1 Å². The van der Waals surface area contributed by atoms with Gasteiger partial charge in [-0.1, -0.05) is 23.7 Å². The highest BCUT2D eigenvalue weighted by molar-refractivity contribution is 7.98. The summed E-state index contributed by atoms with van der Waals surface area (Å²) in [7, 11) is 0. The van der Waals surface area contributed by atoms with Crippen LogP contribution in [0.4, 0.5) is 23.7 Å². The van der Waals surface area contributed by atoms with Crippen LogP contribution in [-0.4, -0.2) is 12.3 Å². The van der Waals surface area contributed by atoms with Gasteiger partial charge in [0.25, 0.3) is 0 Å². The van der Waals surface area contributed by atoms with E-state index in [1.165, 1.54) is 6.07 Å². The van der Waals surface area contributed by atoms with Crippen molar-refractivity contribution >= 4 is 35.1 Å². The molecule has 0 aliphatic heterocycles. The van der Waals surface area contributed by atoms with Gasteiger partial charge in [0.1, 0.15) is 0 Å². The molecule has 0 aromatic heterocycles. The molecule has 3 nitrogen and oxygen atoms in total. The van der Waals surface area contributed by atoms with Crippen molar-refractivity contribution in [1.29, 1.82) is 0 Å². The van der Waals surface area contributed by atoms with Gasteiger partial charge in [0.2, 0.25) is 0 Å². The van der Waals surface area contributed by atoms with Crippen molar-refractivity contribution in [3.05, 3.63) is 58.6 Å². The molecule has 2 aromatic carbocycles. The summed E-state index contributed by atoms with van der Waals surface area (Å²) in [5.74, 6) is 0. The summed E-state index contributed by atoms with van der Waals surface area (Å²) in [4.78, 5) is 12.9. The van der Waals surface area contributed by atoms with Gasteiger partial charge in [-0.15, -0.1) is 11.8 Å². The van der Waals surface area contributed by atoms with Crippen LogP contribution in [0.15, 0.2) is 47.4 Å². The van der Waals surface area contributed by atoms with Crippen LogP contribution in [0.25, 0.3) is 0 Å². The van der Waals surface area contributed by atoms with E-state index in [-0.39, 0.29) is 12.2 Å². The van der Waals surface area contributed by atoms with Crippen molar-refractivity contribution in [2.24, 2.45) is 0 Å². The highest BCUT2D eigenvalue weighted by Gasteiger charge is 2.33.